The summed E-state index contributed by atoms with van der Waals surface area (Å²) in [5.74, 6) is 0. The van der Waals surface area contributed by atoms with E-state index in [4.69, 9.17) is 10.00 Å². The normalized spacial score (nSPS) is 11.9. The zero-order valence-electron chi connectivity index (χ0n) is 9.67. The van der Waals surface area contributed by atoms with Crippen molar-refractivity contribution >= 4 is 9.84 Å². The molecule has 0 aromatic heterocycles. The molecule has 1 aromatic carbocycles. The van der Waals surface area contributed by atoms with Crippen molar-refractivity contribution in [2.45, 2.75) is 18.7 Å². The number of rotatable bonds is 4. The Hall–Kier alpha value is -1.80. The van der Waals surface area contributed by atoms with Crippen molar-refractivity contribution in [3.63, 3.8) is 0 Å². The summed E-state index contributed by atoms with van der Waals surface area (Å²) in [4.78, 5) is -0.282. The minimum atomic E-state index is -3.77. The molecule has 0 bridgehead atoms. The Morgan fingerprint density at radius 1 is 1.53 bits per heavy atom. The summed E-state index contributed by atoms with van der Waals surface area (Å²) in [6.45, 7) is 3.82. The van der Waals surface area contributed by atoms with Crippen molar-refractivity contribution in [1.29, 1.82) is 5.26 Å². The van der Waals surface area contributed by atoms with E-state index in [1.165, 1.54) is 12.1 Å². The Bertz CT molecular complexity index is 568. The monoisotopic (exact) mass is 251 g/mol. The maximum absolute atomic E-state index is 12.1. The van der Waals surface area contributed by atoms with Gasteiger partial charge in [-0.15, -0.1) is 0 Å². The molecule has 5 heteroatoms. The molecule has 17 heavy (non-hydrogen) atoms. The van der Waals surface area contributed by atoms with Gasteiger partial charge in [-0.2, -0.15) is 5.26 Å². The molecule has 0 spiro atoms. The summed E-state index contributed by atoms with van der Waals surface area (Å²) in [7, 11) is -3.77. The molecule has 0 aliphatic rings. The van der Waals surface area contributed by atoms with E-state index in [1.807, 2.05) is 0 Å². The van der Waals surface area contributed by atoms with E-state index in [9.17, 15) is 8.42 Å². The first kappa shape index (κ1) is 13.3. The minimum Gasteiger partial charge on any atom is -0.499 e. The first-order chi connectivity index (χ1) is 8.02. The van der Waals surface area contributed by atoms with Gasteiger partial charge < -0.3 is 4.74 Å². The highest BCUT2D eigenvalue weighted by atomic mass is 32.2. The molecular formula is C12H13NO3S. The molecule has 1 aromatic rings. The molecule has 0 atom stereocenters. The van der Waals surface area contributed by atoms with E-state index >= 15 is 0 Å². The standard InChI is InChI=1S/C12H13NO3S/c1-3-16-9-12(8-13)17(14,15)11-6-4-5-10(2)7-11/h4-7,9H,3H2,1-2H3/b12-9+. The summed E-state index contributed by atoms with van der Waals surface area (Å²) < 4.78 is 29.0. The Morgan fingerprint density at radius 2 is 2.24 bits per heavy atom. The third kappa shape index (κ3) is 3.08. The van der Waals surface area contributed by atoms with Gasteiger partial charge in [0.15, 0.2) is 4.91 Å². The zero-order valence-corrected chi connectivity index (χ0v) is 10.5. The number of hydrogen-bond acceptors (Lipinski definition) is 4. The molecule has 0 heterocycles. The van der Waals surface area contributed by atoms with Gasteiger partial charge in [-0.05, 0) is 31.5 Å². The summed E-state index contributed by atoms with van der Waals surface area (Å²) in [5.41, 5.74) is 0.819. The third-order valence-corrected chi connectivity index (χ3v) is 3.70. The fourth-order valence-corrected chi connectivity index (χ4v) is 2.39. The molecule has 4 nitrogen and oxygen atoms in total. The lowest BCUT2D eigenvalue weighted by atomic mass is 10.2. The number of nitrogens with zero attached hydrogens (tertiary/aromatic N) is 1. The number of ether oxygens (including phenoxy) is 1. The van der Waals surface area contributed by atoms with E-state index in [2.05, 4.69) is 0 Å². The van der Waals surface area contributed by atoms with Gasteiger partial charge in [0.05, 0.1) is 11.5 Å². The SMILES string of the molecule is CCO/C=C(\C#N)S(=O)(=O)c1cccc(C)c1. The summed E-state index contributed by atoms with van der Waals surface area (Å²) in [5, 5.41) is 8.84. The lowest BCUT2D eigenvalue weighted by Gasteiger charge is -2.03. The largest absolute Gasteiger partial charge is 0.499 e. The summed E-state index contributed by atoms with van der Waals surface area (Å²) in [6, 6.07) is 8.05. The van der Waals surface area contributed by atoms with Crippen molar-refractivity contribution in [3.8, 4) is 6.07 Å². The maximum Gasteiger partial charge on any atom is 0.219 e. The Kier molecular flexibility index (Phi) is 4.30. The highest BCUT2D eigenvalue weighted by Gasteiger charge is 2.21. The summed E-state index contributed by atoms with van der Waals surface area (Å²) in [6.07, 6.45) is 0.984. The highest BCUT2D eigenvalue weighted by Crippen LogP contribution is 2.19. The predicted molar refractivity (Wildman–Crippen MR) is 63.7 cm³/mol. The van der Waals surface area contributed by atoms with Crippen molar-refractivity contribution < 1.29 is 13.2 Å². The van der Waals surface area contributed by atoms with Crippen LogP contribution in [0.3, 0.4) is 0 Å². The van der Waals surface area contributed by atoms with Gasteiger partial charge in [-0.3, -0.25) is 0 Å². The van der Waals surface area contributed by atoms with Gasteiger partial charge in [0, 0.05) is 0 Å². The molecule has 0 unspecified atom stereocenters. The lowest BCUT2D eigenvalue weighted by molar-refractivity contribution is 0.268. The van der Waals surface area contributed by atoms with E-state index in [0.717, 1.165) is 11.8 Å². The van der Waals surface area contributed by atoms with Crippen LogP contribution in [0, 0.1) is 18.3 Å². The Labute approximate surface area is 101 Å². The number of allylic oxidation sites excluding steroid dienone is 1. The molecule has 90 valence electrons. The molecular weight excluding hydrogens is 238 g/mol. The fraction of sp³-hybridized carbons (Fsp3) is 0.250. The number of nitriles is 1. The van der Waals surface area contributed by atoms with E-state index in [-0.39, 0.29) is 9.80 Å². The first-order valence-electron chi connectivity index (χ1n) is 5.06. The van der Waals surface area contributed by atoms with Crippen LogP contribution in [-0.2, 0) is 14.6 Å². The number of aryl methyl sites for hydroxylation is 1. The smallest absolute Gasteiger partial charge is 0.219 e. The quantitative estimate of drug-likeness (QED) is 0.607. The second-order valence-corrected chi connectivity index (χ2v) is 5.29. The minimum absolute atomic E-state index is 0.102. The summed E-state index contributed by atoms with van der Waals surface area (Å²) >= 11 is 0. The Balaban J connectivity index is 3.24. The third-order valence-electron chi connectivity index (χ3n) is 2.06. The van der Waals surface area contributed by atoms with Crippen molar-refractivity contribution in [2.24, 2.45) is 0 Å². The lowest BCUT2D eigenvalue weighted by Crippen LogP contribution is -2.04. The molecule has 0 saturated carbocycles. The molecule has 0 fully saturated rings. The zero-order chi connectivity index (χ0) is 12.9. The van der Waals surface area contributed by atoms with Crippen molar-refractivity contribution in [2.75, 3.05) is 6.61 Å². The number of benzene rings is 1. The molecule has 0 aliphatic carbocycles. The predicted octanol–water partition coefficient (Wildman–Crippen LogP) is 2.17. The van der Waals surface area contributed by atoms with Crippen LogP contribution >= 0.6 is 0 Å². The molecule has 0 radical (unpaired) electrons. The van der Waals surface area contributed by atoms with Gasteiger partial charge in [0.1, 0.15) is 12.3 Å². The average Bonchev–Trinajstić information content (AvgIpc) is 2.30. The van der Waals surface area contributed by atoms with Crippen molar-refractivity contribution in [3.05, 3.63) is 41.0 Å². The topological polar surface area (TPSA) is 67.2 Å². The highest BCUT2D eigenvalue weighted by molar-refractivity contribution is 7.95. The van der Waals surface area contributed by atoms with Crippen LogP contribution in [0.4, 0.5) is 0 Å². The van der Waals surface area contributed by atoms with Crippen LogP contribution in [0.15, 0.2) is 40.3 Å². The number of hydrogen-bond donors (Lipinski definition) is 0. The van der Waals surface area contributed by atoms with Crippen LogP contribution in [-0.4, -0.2) is 15.0 Å². The second kappa shape index (κ2) is 5.51. The molecule has 0 aliphatic heterocycles. The van der Waals surface area contributed by atoms with Gasteiger partial charge in [0.25, 0.3) is 0 Å². The number of sulfone groups is 1. The van der Waals surface area contributed by atoms with Gasteiger partial charge in [-0.25, -0.2) is 8.42 Å². The van der Waals surface area contributed by atoms with Gasteiger partial charge >= 0.3 is 0 Å². The first-order valence-corrected chi connectivity index (χ1v) is 6.54. The van der Waals surface area contributed by atoms with Crippen molar-refractivity contribution in [1.82, 2.24) is 0 Å². The average molecular weight is 251 g/mol. The van der Waals surface area contributed by atoms with E-state index in [0.29, 0.717) is 6.61 Å². The maximum atomic E-state index is 12.1. The Morgan fingerprint density at radius 3 is 2.76 bits per heavy atom. The molecule has 0 saturated heterocycles. The van der Waals surface area contributed by atoms with E-state index in [1.54, 1.807) is 32.0 Å². The van der Waals surface area contributed by atoms with Crippen LogP contribution in [0.2, 0.25) is 0 Å². The second-order valence-electron chi connectivity index (χ2n) is 3.37. The van der Waals surface area contributed by atoms with Crippen LogP contribution in [0.25, 0.3) is 0 Å². The van der Waals surface area contributed by atoms with Gasteiger partial charge in [0.2, 0.25) is 9.84 Å². The van der Waals surface area contributed by atoms with Crippen LogP contribution in [0.5, 0.6) is 0 Å². The van der Waals surface area contributed by atoms with Gasteiger partial charge in [-0.1, -0.05) is 12.1 Å². The molecule has 0 amide bonds. The molecule has 1 rings (SSSR count). The van der Waals surface area contributed by atoms with Crippen LogP contribution < -0.4 is 0 Å². The van der Waals surface area contributed by atoms with E-state index < -0.39 is 9.84 Å². The molecule has 0 N–H and O–H groups in total. The van der Waals surface area contributed by atoms with Crippen LogP contribution in [0.1, 0.15) is 12.5 Å². The fourth-order valence-electron chi connectivity index (χ4n) is 1.22.